The quantitative estimate of drug-likeness (QED) is 0.899. The van der Waals surface area contributed by atoms with Crippen LogP contribution in [0.2, 0.25) is 5.02 Å². The number of ether oxygens (including phenoxy) is 1. The molecule has 0 saturated carbocycles. The van der Waals surface area contributed by atoms with Crippen molar-refractivity contribution in [2.75, 3.05) is 20.2 Å². The predicted octanol–water partition coefficient (Wildman–Crippen LogP) is 3.03. The summed E-state index contributed by atoms with van der Waals surface area (Å²) in [6.07, 6.45) is 2.96. The highest BCUT2D eigenvalue weighted by molar-refractivity contribution is 6.32. The summed E-state index contributed by atoms with van der Waals surface area (Å²) in [6.45, 7) is 2.05. The van der Waals surface area contributed by atoms with Gasteiger partial charge in [-0.25, -0.2) is 4.39 Å². The van der Waals surface area contributed by atoms with Gasteiger partial charge in [-0.05, 0) is 49.9 Å². The average molecular weight is 258 g/mol. The lowest BCUT2D eigenvalue weighted by molar-refractivity contribution is 0.367. The Balaban J connectivity index is 2.12. The van der Waals surface area contributed by atoms with Crippen molar-refractivity contribution in [3.63, 3.8) is 0 Å². The molecule has 0 aliphatic carbocycles. The fraction of sp³-hybridized carbons (Fsp3) is 0.538. The molecule has 1 aromatic rings. The van der Waals surface area contributed by atoms with Crippen LogP contribution in [0.5, 0.6) is 5.75 Å². The summed E-state index contributed by atoms with van der Waals surface area (Å²) in [5.41, 5.74) is 0.697. The standard InChI is InChI=1S/C13H17ClFNO/c1-17-11-3-2-10(13(15)12(11)14)8-9-4-6-16-7-5-9/h2-3,9,16H,4-8H2,1H3. The van der Waals surface area contributed by atoms with Crippen molar-refractivity contribution < 1.29 is 9.13 Å². The van der Waals surface area contributed by atoms with Gasteiger partial charge in [0.1, 0.15) is 16.6 Å². The summed E-state index contributed by atoms with van der Waals surface area (Å²) in [5.74, 6) is 0.623. The molecule has 17 heavy (non-hydrogen) atoms. The molecular formula is C13H17ClFNO. The molecule has 1 aliphatic heterocycles. The van der Waals surface area contributed by atoms with Gasteiger partial charge in [-0.1, -0.05) is 17.7 Å². The van der Waals surface area contributed by atoms with Crippen molar-refractivity contribution in [2.45, 2.75) is 19.3 Å². The molecule has 1 saturated heterocycles. The van der Waals surface area contributed by atoms with Crippen molar-refractivity contribution in [3.8, 4) is 5.75 Å². The van der Waals surface area contributed by atoms with Crippen LogP contribution >= 0.6 is 11.6 Å². The van der Waals surface area contributed by atoms with E-state index in [2.05, 4.69) is 5.32 Å². The summed E-state index contributed by atoms with van der Waals surface area (Å²) in [7, 11) is 1.49. The first-order valence-electron chi connectivity index (χ1n) is 5.94. The highest BCUT2D eigenvalue weighted by Gasteiger charge is 2.18. The normalized spacial score (nSPS) is 17.1. The molecule has 1 N–H and O–H groups in total. The third kappa shape index (κ3) is 2.90. The van der Waals surface area contributed by atoms with Crippen LogP contribution in [0.1, 0.15) is 18.4 Å². The first-order chi connectivity index (χ1) is 8.22. The van der Waals surface area contributed by atoms with Gasteiger partial charge in [0.05, 0.1) is 7.11 Å². The van der Waals surface area contributed by atoms with Gasteiger partial charge in [0.25, 0.3) is 0 Å². The first kappa shape index (κ1) is 12.7. The van der Waals surface area contributed by atoms with Crippen LogP contribution < -0.4 is 10.1 Å². The fourth-order valence-electron chi connectivity index (χ4n) is 2.28. The molecule has 2 nitrogen and oxygen atoms in total. The molecule has 1 heterocycles. The van der Waals surface area contributed by atoms with E-state index in [4.69, 9.17) is 16.3 Å². The van der Waals surface area contributed by atoms with E-state index in [-0.39, 0.29) is 10.8 Å². The van der Waals surface area contributed by atoms with Gasteiger partial charge in [0.2, 0.25) is 0 Å². The lowest BCUT2D eigenvalue weighted by atomic mass is 9.91. The van der Waals surface area contributed by atoms with Crippen molar-refractivity contribution in [1.82, 2.24) is 5.32 Å². The minimum Gasteiger partial charge on any atom is -0.495 e. The summed E-state index contributed by atoms with van der Waals surface area (Å²) < 4.78 is 19.0. The van der Waals surface area contributed by atoms with Gasteiger partial charge < -0.3 is 10.1 Å². The molecular weight excluding hydrogens is 241 g/mol. The minimum absolute atomic E-state index is 0.0962. The second-order valence-electron chi connectivity index (χ2n) is 4.45. The molecule has 94 valence electrons. The number of rotatable bonds is 3. The number of halogens is 2. The molecule has 0 radical (unpaired) electrons. The molecule has 0 aromatic heterocycles. The Labute approximate surface area is 106 Å². The van der Waals surface area contributed by atoms with E-state index < -0.39 is 0 Å². The Kier molecular flexibility index (Phi) is 4.24. The third-order valence-corrected chi connectivity index (χ3v) is 3.67. The summed E-state index contributed by atoms with van der Waals surface area (Å²) in [4.78, 5) is 0. The van der Waals surface area contributed by atoms with Crippen molar-refractivity contribution in [3.05, 3.63) is 28.5 Å². The third-order valence-electron chi connectivity index (χ3n) is 3.31. The molecule has 4 heteroatoms. The molecule has 1 aliphatic rings. The Morgan fingerprint density at radius 1 is 1.41 bits per heavy atom. The summed E-state index contributed by atoms with van der Waals surface area (Å²) >= 11 is 5.90. The molecule has 0 amide bonds. The number of piperidine rings is 1. The van der Waals surface area contributed by atoms with Crippen LogP contribution in [0.4, 0.5) is 4.39 Å². The average Bonchev–Trinajstić information content (AvgIpc) is 2.37. The monoisotopic (exact) mass is 257 g/mol. The largest absolute Gasteiger partial charge is 0.495 e. The van der Waals surface area contributed by atoms with Gasteiger partial charge in [-0.15, -0.1) is 0 Å². The maximum absolute atomic E-state index is 14.0. The van der Waals surface area contributed by atoms with Gasteiger partial charge in [0, 0.05) is 0 Å². The molecule has 0 unspecified atom stereocenters. The maximum atomic E-state index is 14.0. The van der Waals surface area contributed by atoms with Gasteiger partial charge in [-0.3, -0.25) is 0 Å². The molecule has 0 atom stereocenters. The van der Waals surface area contributed by atoms with Crippen LogP contribution in [0.3, 0.4) is 0 Å². The Morgan fingerprint density at radius 3 is 2.76 bits per heavy atom. The van der Waals surface area contributed by atoms with E-state index >= 15 is 0 Å². The zero-order valence-corrected chi connectivity index (χ0v) is 10.7. The number of nitrogens with one attached hydrogen (secondary N) is 1. The number of benzene rings is 1. The minimum atomic E-state index is -0.329. The number of hydrogen-bond donors (Lipinski definition) is 1. The van der Waals surface area contributed by atoms with Gasteiger partial charge >= 0.3 is 0 Å². The molecule has 0 bridgehead atoms. The van der Waals surface area contributed by atoms with Gasteiger partial charge in [0.15, 0.2) is 0 Å². The van der Waals surface area contributed by atoms with E-state index in [1.807, 2.05) is 0 Å². The molecule has 1 aromatic carbocycles. The second-order valence-corrected chi connectivity index (χ2v) is 4.83. The highest BCUT2D eigenvalue weighted by Crippen LogP contribution is 2.31. The Hall–Kier alpha value is -0.800. The summed E-state index contributed by atoms with van der Waals surface area (Å²) in [6, 6.07) is 3.52. The zero-order chi connectivity index (χ0) is 12.3. The number of hydrogen-bond acceptors (Lipinski definition) is 2. The lowest BCUT2D eigenvalue weighted by Gasteiger charge is -2.23. The molecule has 2 rings (SSSR count). The first-order valence-corrected chi connectivity index (χ1v) is 6.31. The summed E-state index contributed by atoms with van der Waals surface area (Å²) in [5, 5.41) is 3.40. The van der Waals surface area contributed by atoms with E-state index in [0.29, 0.717) is 17.2 Å². The van der Waals surface area contributed by atoms with Crippen molar-refractivity contribution in [2.24, 2.45) is 5.92 Å². The van der Waals surface area contributed by atoms with E-state index in [0.717, 1.165) is 32.4 Å². The van der Waals surface area contributed by atoms with Crippen LogP contribution in [-0.4, -0.2) is 20.2 Å². The van der Waals surface area contributed by atoms with Crippen molar-refractivity contribution in [1.29, 1.82) is 0 Å². The van der Waals surface area contributed by atoms with E-state index in [9.17, 15) is 4.39 Å². The van der Waals surface area contributed by atoms with Crippen molar-refractivity contribution >= 4 is 11.6 Å². The molecule has 1 fully saturated rings. The van der Waals surface area contributed by atoms with Crippen LogP contribution in [0.15, 0.2) is 12.1 Å². The zero-order valence-electron chi connectivity index (χ0n) is 9.93. The number of methoxy groups -OCH3 is 1. The topological polar surface area (TPSA) is 21.3 Å². The maximum Gasteiger partial charge on any atom is 0.148 e. The molecule has 0 spiro atoms. The van der Waals surface area contributed by atoms with E-state index in [1.165, 1.54) is 7.11 Å². The second kappa shape index (κ2) is 5.69. The van der Waals surface area contributed by atoms with E-state index in [1.54, 1.807) is 12.1 Å². The van der Waals surface area contributed by atoms with Crippen LogP contribution in [0.25, 0.3) is 0 Å². The SMILES string of the molecule is COc1ccc(CC2CCNCC2)c(F)c1Cl. The highest BCUT2D eigenvalue weighted by atomic mass is 35.5. The predicted molar refractivity (Wildman–Crippen MR) is 67.3 cm³/mol. The van der Waals surface area contributed by atoms with Gasteiger partial charge in [-0.2, -0.15) is 0 Å². The Bertz CT molecular complexity index is 391. The van der Waals surface area contributed by atoms with Crippen LogP contribution in [-0.2, 0) is 6.42 Å². The smallest absolute Gasteiger partial charge is 0.148 e. The lowest BCUT2D eigenvalue weighted by Crippen LogP contribution is -2.28. The van der Waals surface area contributed by atoms with Crippen LogP contribution in [0, 0.1) is 11.7 Å². The fourth-order valence-corrected chi connectivity index (χ4v) is 2.55. The Morgan fingerprint density at radius 2 is 2.12 bits per heavy atom.